The van der Waals surface area contributed by atoms with Crippen LogP contribution < -0.4 is 10.5 Å². The highest BCUT2D eigenvalue weighted by molar-refractivity contribution is 9.10. The first-order chi connectivity index (χ1) is 7.24. The Morgan fingerprint density at radius 2 is 2.07 bits per heavy atom. The summed E-state index contributed by atoms with van der Waals surface area (Å²) in [7, 11) is 0. The van der Waals surface area contributed by atoms with Crippen molar-refractivity contribution < 1.29 is 9.47 Å². The highest BCUT2D eigenvalue weighted by Gasteiger charge is 2.00. The maximum atomic E-state index is 5.61. The van der Waals surface area contributed by atoms with E-state index in [0.29, 0.717) is 13.2 Å². The SMILES string of the molecule is CCCOCCOc1ccc(N)cc1Br. The summed E-state index contributed by atoms with van der Waals surface area (Å²) in [4.78, 5) is 0. The van der Waals surface area contributed by atoms with E-state index in [9.17, 15) is 0 Å². The van der Waals surface area contributed by atoms with Gasteiger partial charge in [0.2, 0.25) is 0 Å². The number of hydrogen-bond acceptors (Lipinski definition) is 3. The van der Waals surface area contributed by atoms with Crippen molar-refractivity contribution in [1.29, 1.82) is 0 Å². The summed E-state index contributed by atoms with van der Waals surface area (Å²) in [6.07, 6.45) is 1.03. The topological polar surface area (TPSA) is 44.5 Å². The summed E-state index contributed by atoms with van der Waals surface area (Å²) >= 11 is 3.38. The van der Waals surface area contributed by atoms with Crippen LogP contribution in [-0.2, 0) is 4.74 Å². The molecular weight excluding hydrogens is 258 g/mol. The molecule has 0 aliphatic carbocycles. The second-order valence-electron chi connectivity index (χ2n) is 3.15. The van der Waals surface area contributed by atoms with E-state index in [-0.39, 0.29) is 0 Å². The van der Waals surface area contributed by atoms with Gasteiger partial charge < -0.3 is 15.2 Å². The third-order valence-corrected chi connectivity index (χ3v) is 2.41. The van der Waals surface area contributed by atoms with Gasteiger partial charge in [0.15, 0.2) is 0 Å². The van der Waals surface area contributed by atoms with Gasteiger partial charge in [0.25, 0.3) is 0 Å². The van der Waals surface area contributed by atoms with Gasteiger partial charge in [-0.2, -0.15) is 0 Å². The lowest BCUT2D eigenvalue weighted by Crippen LogP contribution is -2.07. The van der Waals surface area contributed by atoms with Gasteiger partial charge >= 0.3 is 0 Å². The van der Waals surface area contributed by atoms with Gasteiger partial charge in [-0.15, -0.1) is 0 Å². The molecule has 84 valence electrons. The molecule has 0 radical (unpaired) electrons. The number of ether oxygens (including phenoxy) is 2. The van der Waals surface area contributed by atoms with Crippen molar-refractivity contribution >= 4 is 21.6 Å². The first-order valence-corrected chi connectivity index (χ1v) is 5.79. The van der Waals surface area contributed by atoms with Crippen LogP contribution >= 0.6 is 15.9 Å². The number of nitrogens with two attached hydrogens (primary N) is 1. The van der Waals surface area contributed by atoms with Crippen LogP contribution in [0.3, 0.4) is 0 Å². The molecule has 3 nitrogen and oxygen atoms in total. The van der Waals surface area contributed by atoms with Crippen molar-refractivity contribution in [2.24, 2.45) is 0 Å². The summed E-state index contributed by atoms with van der Waals surface area (Å²) in [6.45, 7) is 4.04. The van der Waals surface area contributed by atoms with E-state index in [2.05, 4.69) is 22.9 Å². The molecule has 0 amide bonds. The molecule has 0 aliphatic heterocycles. The molecule has 15 heavy (non-hydrogen) atoms. The summed E-state index contributed by atoms with van der Waals surface area (Å²) < 4.78 is 11.7. The van der Waals surface area contributed by atoms with Gasteiger partial charge in [0.1, 0.15) is 12.4 Å². The fraction of sp³-hybridized carbons (Fsp3) is 0.455. The lowest BCUT2D eigenvalue weighted by Gasteiger charge is -2.08. The lowest BCUT2D eigenvalue weighted by atomic mass is 10.3. The number of anilines is 1. The average Bonchev–Trinajstić information content (AvgIpc) is 2.20. The molecule has 0 saturated carbocycles. The molecule has 1 rings (SSSR count). The Labute approximate surface area is 98.7 Å². The van der Waals surface area contributed by atoms with E-state index in [1.54, 1.807) is 0 Å². The van der Waals surface area contributed by atoms with Crippen LogP contribution in [0.2, 0.25) is 0 Å². The van der Waals surface area contributed by atoms with Crippen molar-refractivity contribution in [3.63, 3.8) is 0 Å². The maximum absolute atomic E-state index is 5.61. The van der Waals surface area contributed by atoms with Crippen LogP contribution in [0.1, 0.15) is 13.3 Å². The molecule has 0 heterocycles. The number of hydrogen-bond donors (Lipinski definition) is 1. The number of benzene rings is 1. The fourth-order valence-corrected chi connectivity index (χ4v) is 1.60. The Morgan fingerprint density at radius 3 is 2.73 bits per heavy atom. The Hall–Kier alpha value is -0.740. The monoisotopic (exact) mass is 273 g/mol. The maximum Gasteiger partial charge on any atom is 0.133 e. The molecule has 1 aromatic rings. The standard InChI is InChI=1S/C11H16BrNO2/c1-2-5-14-6-7-15-11-4-3-9(13)8-10(11)12/h3-4,8H,2,5-7,13H2,1H3. The zero-order valence-electron chi connectivity index (χ0n) is 8.83. The lowest BCUT2D eigenvalue weighted by molar-refractivity contribution is 0.100. The Kier molecular flexibility index (Phi) is 5.50. The molecule has 0 unspecified atom stereocenters. The van der Waals surface area contributed by atoms with Gasteiger partial charge in [0, 0.05) is 12.3 Å². The van der Waals surface area contributed by atoms with Crippen LogP contribution in [-0.4, -0.2) is 19.8 Å². The van der Waals surface area contributed by atoms with Gasteiger partial charge in [0.05, 0.1) is 11.1 Å². The summed E-state index contributed by atoms with van der Waals surface area (Å²) in [5.41, 5.74) is 6.33. The van der Waals surface area contributed by atoms with Gasteiger partial charge in [-0.05, 0) is 40.5 Å². The molecule has 0 spiro atoms. The van der Waals surface area contributed by atoms with Gasteiger partial charge in [-0.1, -0.05) is 6.92 Å². The molecule has 1 aromatic carbocycles. The second-order valence-corrected chi connectivity index (χ2v) is 4.01. The smallest absolute Gasteiger partial charge is 0.133 e. The Morgan fingerprint density at radius 1 is 1.27 bits per heavy atom. The molecular formula is C11H16BrNO2. The molecule has 0 saturated heterocycles. The zero-order chi connectivity index (χ0) is 11.1. The van der Waals surface area contributed by atoms with Gasteiger partial charge in [-0.3, -0.25) is 0 Å². The second kappa shape index (κ2) is 6.69. The average molecular weight is 274 g/mol. The van der Waals surface area contributed by atoms with Crippen LogP contribution in [0.4, 0.5) is 5.69 Å². The first-order valence-electron chi connectivity index (χ1n) is 4.99. The van der Waals surface area contributed by atoms with Crippen LogP contribution in [0, 0.1) is 0 Å². The summed E-state index contributed by atoms with van der Waals surface area (Å²) in [5, 5.41) is 0. The minimum absolute atomic E-state index is 0.558. The fourth-order valence-electron chi connectivity index (χ4n) is 1.09. The predicted molar refractivity (Wildman–Crippen MR) is 65.2 cm³/mol. The van der Waals surface area contributed by atoms with Crippen LogP contribution in [0.15, 0.2) is 22.7 Å². The van der Waals surface area contributed by atoms with Crippen molar-refractivity contribution in [3.05, 3.63) is 22.7 Å². The Balaban J connectivity index is 2.31. The van der Waals surface area contributed by atoms with Crippen LogP contribution in [0.25, 0.3) is 0 Å². The van der Waals surface area contributed by atoms with E-state index in [4.69, 9.17) is 15.2 Å². The molecule has 0 aliphatic rings. The molecule has 0 atom stereocenters. The minimum Gasteiger partial charge on any atom is -0.490 e. The van der Waals surface area contributed by atoms with E-state index in [1.165, 1.54) is 0 Å². The van der Waals surface area contributed by atoms with E-state index in [0.717, 1.165) is 28.9 Å². The molecule has 0 bridgehead atoms. The predicted octanol–water partition coefficient (Wildman–Crippen LogP) is 2.84. The zero-order valence-corrected chi connectivity index (χ0v) is 10.4. The third-order valence-electron chi connectivity index (χ3n) is 1.79. The molecule has 4 heteroatoms. The normalized spacial score (nSPS) is 10.3. The number of rotatable bonds is 6. The van der Waals surface area contributed by atoms with E-state index in [1.807, 2.05) is 18.2 Å². The highest BCUT2D eigenvalue weighted by atomic mass is 79.9. The van der Waals surface area contributed by atoms with E-state index < -0.39 is 0 Å². The van der Waals surface area contributed by atoms with Crippen molar-refractivity contribution in [1.82, 2.24) is 0 Å². The number of nitrogen functional groups attached to an aromatic ring is 1. The summed E-state index contributed by atoms with van der Waals surface area (Å²) in [6, 6.07) is 5.48. The first kappa shape index (κ1) is 12.3. The number of halogens is 1. The van der Waals surface area contributed by atoms with E-state index >= 15 is 0 Å². The van der Waals surface area contributed by atoms with Crippen molar-refractivity contribution in [2.75, 3.05) is 25.6 Å². The Bertz CT molecular complexity index is 305. The minimum atomic E-state index is 0.558. The van der Waals surface area contributed by atoms with Crippen molar-refractivity contribution in [3.8, 4) is 5.75 Å². The van der Waals surface area contributed by atoms with Crippen LogP contribution in [0.5, 0.6) is 5.75 Å². The highest BCUT2D eigenvalue weighted by Crippen LogP contribution is 2.26. The largest absolute Gasteiger partial charge is 0.490 e. The van der Waals surface area contributed by atoms with Gasteiger partial charge in [-0.25, -0.2) is 0 Å². The molecule has 0 fully saturated rings. The summed E-state index contributed by atoms with van der Waals surface area (Å²) in [5.74, 6) is 0.796. The molecule has 2 N–H and O–H groups in total. The van der Waals surface area contributed by atoms with Crippen molar-refractivity contribution in [2.45, 2.75) is 13.3 Å². The molecule has 0 aromatic heterocycles. The quantitative estimate of drug-likeness (QED) is 0.640. The third kappa shape index (κ3) is 4.53.